The number of ether oxygens (including phenoxy) is 2. The zero-order valence-electron chi connectivity index (χ0n) is 17.1. The molecule has 5 rings (SSSR count). The molecule has 2 aliphatic rings. The van der Waals surface area contributed by atoms with E-state index in [9.17, 15) is 0 Å². The molecule has 1 saturated heterocycles. The molecule has 1 fully saturated rings. The minimum atomic E-state index is -0.299. The summed E-state index contributed by atoms with van der Waals surface area (Å²) in [6.07, 6.45) is 2.03. The number of benzene rings is 3. The molecule has 0 saturated carbocycles. The molecule has 0 amide bonds. The standard InChI is InChI=1S/C25H24NO2.Li/c1-27-18-28-20-15-16-26(17-20)25(19-9-3-2-4-10-19)23-13-7-5-11-21(23)22-12-6-8-14-24(22)25;/h2-14H,15-18H2,1H3;/q-1;+1. The van der Waals surface area contributed by atoms with Crippen molar-refractivity contribution in [1.82, 2.24) is 4.90 Å². The molecular formula is C25H24LiNO2. The Morgan fingerprint density at radius 1 is 0.862 bits per heavy atom. The van der Waals surface area contributed by atoms with Gasteiger partial charge in [-0.25, -0.2) is 0 Å². The number of hydrogen-bond donors (Lipinski definition) is 0. The molecule has 0 N–H and O–H groups in total. The minimum absolute atomic E-state index is 0. The second-order valence-electron chi connectivity index (χ2n) is 7.43. The maximum Gasteiger partial charge on any atom is 1.00 e. The van der Waals surface area contributed by atoms with Crippen molar-refractivity contribution in [3.63, 3.8) is 0 Å². The van der Waals surface area contributed by atoms with Gasteiger partial charge in [-0.2, -0.15) is 6.10 Å². The molecule has 0 bridgehead atoms. The Hall–Kier alpha value is -1.86. The second kappa shape index (κ2) is 8.48. The zero-order chi connectivity index (χ0) is 19.0. The third kappa shape index (κ3) is 3.19. The summed E-state index contributed by atoms with van der Waals surface area (Å²) in [5.41, 5.74) is 6.37. The normalized spacial score (nSPS) is 17.6. The van der Waals surface area contributed by atoms with E-state index in [1.54, 1.807) is 7.11 Å². The molecule has 0 radical (unpaired) electrons. The van der Waals surface area contributed by atoms with Gasteiger partial charge < -0.3 is 14.4 Å². The Morgan fingerprint density at radius 3 is 2.07 bits per heavy atom. The van der Waals surface area contributed by atoms with E-state index >= 15 is 0 Å². The summed E-state index contributed by atoms with van der Waals surface area (Å²) < 4.78 is 11.0. The van der Waals surface area contributed by atoms with Crippen LogP contribution in [-0.4, -0.2) is 31.9 Å². The van der Waals surface area contributed by atoms with Gasteiger partial charge in [0.25, 0.3) is 0 Å². The predicted octanol–water partition coefficient (Wildman–Crippen LogP) is 1.82. The second-order valence-corrected chi connectivity index (χ2v) is 7.43. The van der Waals surface area contributed by atoms with Gasteiger partial charge in [-0.1, -0.05) is 85.4 Å². The Bertz CT molecular complexity index is 930. The molecule has 1 heterocycles. The van der Waals surface area contributed by atoms with Gasteiger partial charge in [0.2, 0.25) is 0 Å². The number of nitrogens with zero attached hydrogens (tertiary/aromatic N) is 1. The monoisotopic (exact) mass is 377 g/mol. The van der Waals surface area contributed by atoms with Gasteiger partial charge >= 0.3 is 18.9 Å². The van der Waals surface area contributed by atoms with E-state index in [0.29, 0.717) is 6.79 Å². The van der Waals surface area contributed by atoms with Crippen molar-refractivity contribution in [2.24, 2.45) is 0 Å². The summed E-state index contributed by atoms with van der Waals surface area (Å²) in [5.74, 6) is 0. The third-order valence-corrected chi connectivity index (χ3v) is 6.00. The molecule has 29 heavy (non-hydrogen) atoms. The molecule has 4 heteroatoms. The number of methoxy groups -OCH3 is 1. The van der Waals surface area contributed by atoms with Gasteiger partial charge in [0.1, 0.15) is 6.79 Å². The molecule has 3 nitrogen and oxygen atoms in total. The fraction of sp³-hybridized carbons (Fsp3) is 0.240. The zero-order valence-corrected chi connectivity index (χ0v) is 17.1. The minimum Gasteiger partial charge on any atom is -0.528 e. The van der Waals surface area contributed by atoms with Crippen molar-refractivity contribution >= 4 is 0 Å². The molecule has 1 aliphatic carbocycles. The fourth-order valence-corrected chi connectivity index (χ4v) is 4.90. The van der Waals surface area contributed by atoms with Gasteiger partial charge in [-0.3, -0.25) is 0 Å². The number of fused-ring (bicyclic) bond motifs is 3. The van der Waals surface area contributed by atoms with E-state index in [-0.39, 0.29) is 24.4 Å². The van der Waals surface area contributed by atoms with Crippen molar-refractivity contribution in [2.75, 3.05) is 27.0 Å². The van der Waals surface area contributed by atoms with E-state index < -0.39 is 0 Å². The van der Waals surface area contributed by atoms with Crippen LogP contribution in [0.3, 0.4) is 0 Å². The summed E-state index contributed by atoms with van der Waals surface area (Å²) in [4.78, 5) is 2.57. The van der Waals surface area contributed by atoms with Crippen LogP contribution in [0.15, 0.2) is 78.9 Å². The topological polar surface area (TPSA) is 21.7 Å². The van der Waals surface area contributed by atoms with Crippen LogP contribution in [-0.2, 0) is 15.0 Å². The van der Waals surface area contributed by atoms with Crippen molar-refractivity contribution in [3.05, 3.63) is 102 Å². The first-order chi connectivity index (χ1) is 13.9. The van der Waals surface area contributed by atoms with Crippen LogP contribution in [0.5, 0.6) is 0 Å². The molecule has 142 valence electrons. The largest absolute Gasteiger partial charge is 1.00 e. The maximum absolute atomic E-state index is 5.85. The Morgan fingerprint density at radius 2 is 1.45 bits per heavy atom. The van der Waals surface area contributed by atoms with E-state index in [1.165, 1.54) is 27.8 Å². The van der Waals surface area contributed by atoms with Gasteiger partial charge in [0.05, 0.1) is 5.54 Å². The van der Waals surface area contributed by atoms with Crippen LogP contribution in [0.1, 0.15) is 23.1 Å². The maximum atomic E-state index is 5.85. The molecule has 3 aromatic carbocycles. The van der Waals surface area contributed by atoms with E-state index in [2.05, 4.69) is 83.8 Å². The molecule has 0 spiro atoms. The Kier molecular flexibility index (Phi) is 5.97. The van der Waals surface area contributed by atoms with Crippen molar-refractivity contribution < 1.29 is 28.3 Å². The molecule has 1 aliphatic heterocycles. The van der Waals surface area contributed by atoms with Crippen LogP contribution in [0.2, 0.25) is 0 Å². The quantitative estimate of drug-likeness (QED) is 0.385. The number of hydrogen-bond acceptors (Lipinski definition) is 3. The first kappa shape index (κ1) is 20.4. The van der Waals surface area contributed by atoms with Crippen LogP contribution >= 0.6 is 0 Å². The molecule has 0 unspecified atom stereocenters. The van der Waals surface area contributed by atoms with Gasteiger partial charge in [0, 0.05) is 7.11 Å². The van der Waals surface area contributed by atoms with Gasteiger partial charge in [-0.15, -0.1) is 6.42 Å². The van der Waals surface area contributed by atoms with Crippen LogP contribution in [0.25, 0.3) is 11.1 Å². The Labute approximate surface area is 184 Å². The first-order valence-electron chi connectivity index (χ1n) is 9.82. The van der Waals surface area contributed by atoms with Crippen LogP contribution in [0.4, 0.5) is 0 Å². The van der Waals surface area contributed by atoms with Gasteiger partial charge in [0.15, 0.2) is 0 Å². The summed E-state index contributed by atoms with van der Waals surface area (Å²) in [6, 6.07) is 28.6. The first-order valence-corrected chi connectivity index (χ1v) is 9.82. The van der Waals surface area contributed by atoms with Crippen molar-refractivity contribution in [3.8, 4) is 11.1 Å². The van der Waals surface area contributed by atoms with Crippen LogP contribution in [0, 0.1) is 6.10 Å². The Balaban J connectivity index is 0.00000205. The third-order valence-electron chi connectivity index (χ3n) is 6.00. The van der Waals surface area contributed by atoms with E-state index in [1.807, 2.05) is 0 Å². The molecule has 0 aromatic heterocycles. The van der Waals surface area contributed by atoms with Crippen molar-refractivity contribution in [2.45, 2.75) is 12.0 Å². The summed E-state index contributed by atoms with van der Waals surface area (Å²) >= 11 is 0. The SMILES string of the molecule is COCO[C-]1CCN(C2(c3ccccc3)c3ccccc3-c3ccccc32)C1.[Li+]. The van der Waals surface area contributed by atoms with Crippen molar-refractivity contribution in [1.29, 1.82) is 0 Å². The van der Waals surface area contributed by atoms with Crippen LogP contribution < -0.4 is 18.9 Å². The molecule has 0 atom stereocenters. The van der Waals surface area contributed by atoms with Gasteiger partial charge in [-0.05, 0) is 34.4 Å². The molecule has 3 aromatic rings. The molecular weight excluding hydrogens is 353 g/mol. The fourth-order valence-electron chi connectivity index (χ4n) is 4.90. The average molecular weight is 377 g/mol. The predicted molar refractivity (Wildman–Crippen MR) is 111 cm³/mol. The summed E-state index contributed by atoms with van der Waals surface area (Å²) in [5, 5.41) is 0. The van der Waals surface area contributed by atoms with E-state index in [4.69, 9.17) is 9.47 Å². The smallest absolute Gasteiger partial charge is 0.528 e. The summed E-state index contributed by atoms with van der Waals surface area (Å²) in [7, 11) is 1.67. The number of rotatable bonds is 5. The summed E-state index contributed by atoms with van der Waals surface area (Å²) in [6.45, 7) is 2.08. The number of likely N-dealkylation sites (tertiary alicyclic amines) is 1. The van der Waals surface area contributed by atoms with E-state index in [0.717, 1.165) is 25.6 Å². The average Bonchev–Trinajstić information content (AvgIpc) is 3.34.